The lowest BCUT2D eigenvalue weighted by molar-refractivity contribution is 0.311. The normalized spacial score (nSPS) is 16.8. The van der Waals surface area contributed by atoms with E-state index in [1.807, 2.05) is 6.07 Å². The third-order valence-electron chi connectivity index (χ3n) is 3.50. The average molecular weight is 273 g/mol. The zero-order chi connectivity index (χ0) is 13.9. The smallest absolute Gasteiger partial charge is 0.127 e. The lowest BCUT2D eigenvalue weighted by Crippen LogP contribution is -2.24. The van der Waals surface area contributed by atoms with Gasteiger partial charge in [0.2, 0.25) is 0 Å². The minimum Gasteiger partial charge on any atom is -0.508 e. The highest BCUT2D eigenvalue weighted by Gasteiger charge is 2.23. The van der Waals surface area contributed by atoms with Crippen LogP contribution >= 0.6 is 0 Å². The summed E-state index contributed by atoms with van der Waals surface area (Å²) in [4.78, 5) is 0. The van der Waals surface area contributed by atoms with E-state index in [4.69, 9.17) is 4.74 Å². The second kappa shape index (κ2) is 5.51. The molecule has 104 valence electrons. The predicted octanol–water partition coefficient (Wildman–Crippen LogP) is 2.80. The third kappa shape index (κ3) is 2.75. The molecule has 2 N–H and O–H groups in total. The Labute approximate surface area is 117 Å². The molecule has 0 bridgehead atoms. The Balaban J connectivity index is 1.57. The van der Waals surface area contributed by atoms with E-state index < -0.39 is 0 Å². The number of aromatic hydroxyl groups is 1. The van der Waals surface area contributed by atoms with Crippen molar-refractivity contribution in [1.82, 2.24) is 5.32 Å². The second-order valence-corrected chi connectivity index (χ2v) is 4.92. The van der Waals surface area contributed by atoms with Crippen molar-refractivity contribution in [2.75, 3.05) is 13.2 Å². The van der Waals surface area contributed by atoms with Crippen LogP contribution in [0.2, 0.25) is 0 Å². The van der Waals surface area contributed by atoms with Gasteiger partial charge in [-0.25, -0.2) is 4.39 Å². The SMILES string of the molecule is Oc1ccc2c(c1)OCC2NCCc1ccc(F)cc1. The van der Waals surface area contributed by atoms with Gasteiger partial charge in [-0.05, 0) is 42.8 Å². The van der Waals surface area contributed by atoms with Crippen molar-refractivity contribution >= 4 is 0 Å². The van der Waals surface area contributed by atoms with Gasteiger partial charge in [-0.1, -0.05) is 12.1 Å². The van der Waals surface area contributed by atoms with Gasteiger partial charge in [0.25, 0.3) is 0 Å². The summed E-state index contributed by atoms with van der Waals surface area (Å²) < 4.78 is 18.3. The summed E-state index contributed by atoms with van der Waals surface area (Å²) in [5.74, 6) is 0.750. The molecule has 1 heterocycles. The Kier molecular flexibility index (Phi) is 3.56. The maximum atomic E-state index is 12.8. The molecule has 2 aromatic carbocycles. The van der Waals surface area contributed by atoms with E-state index in [9.17, 15) is 9.50 Å². The predicted molar refractivity (Wildman–Crippen MR) is 74.4 cm³/mol. The molecule has 2 aromatic rings. The van der Waals surface area contributed by atoms with E-state index in [1.54, 1.807) is 24.3 Å². The number of ether oxygens (including phenoxy) is 1. The number of fused-ring (bicyclic) bond motifs is 1. The van der Waals surface area contributed by atoms with Crippen molar-refractivity contribution in [3.05, 3.63) is 59.4 Å². The van der Waals surface area contributed by atoms with E-state index in [-0.39, 0.29) is 17.6 Å². The molecule has 1 atom stereocenters. The fourth-order valence-electron chi connectivity index (χ4n) is 2.41. The molecule has 0 saturated heterocycles. The van der Waals surface area contributed by atoms with Gasteiger partial charge in [-0.15, -0.1) is 0 Å². The van der Waals surface area contributed by atoms with Crippen LogP contribution in [0.4, 0.5) is 4.39 Å². The second-order valence-electron chi connectivity index (χ2n) is 4.92. The summed E-state index contributed by atoms with van der Waals surface area (Å²) >= 11 is 0. The molecule has 1 unspecified atom stereocenters. The highest BCUT2D eigenvalue weighted by Crippen LogP contribution is 2.34. The summed E-state index contributed by atoms with van der Waals surface area (Å²) in [6, 6.07) is 11.9. The molecular formula is C16H16FNO2. The van der Waals surface area contributed by atoms with E-state index in [0.717, 1.165) is 29.8 Å². The molecule has 0 aromatic heterocycles. The maximum absolute atomic E-state index is 12.8. The molecule has 0 aliphatic carbocycles. The van der Waals surface area contributed by atoms with Crippen molar-refractivity contribution in [1.29, 1.82) is 0 Å². The standard InChI is InChI=1S/C16H16FNO2/c17-12-3-1-11(2-4-12)7-8-18-15-10-20-16-9-13(19)5-6-14(15)16/h1-6,9,15,18-19H,7-8,10H2. The first-order chi connectivity index (χ1) is 9.72. The minimum absolute atomic E-state index is 0.144. The largest absolute Gasteiger partial charge is 0.508 e. The summed E-state index contributed by atoms with van der Waals surface area (Å²) in [6.45, 7) is 1.36. The van der Waals surface area contributed by atoms with Crippen LogP contribution < -0.4 is 10.1 Å². The number of nitrogens with one attached hydrogen (secondary N) is 1. The molecule has 0 amide bonds. The fourth-order valence-corrected chi connectivity index (χ4v) is 2.41. The zero-order valence-corrected chi connectivity index (χ0v) is 11.0. The molecule has 4 heteroatoms. The highest BCUT2D eigenvalue weighted by atomic mass is 19.1. The van der Waals surface area contributed by atoms with Gasteiger partial charge >= 0.3 is 0 Å². The molecule has 0 saturated carbocycles. The molecule has 3 rings (SSSR count). The van der Waals surface area contributed by atoms with Crippen molar-refractivity contribution in [3.63, 3.8) is 0 Å². The molecule has 1 aliphatic rings. The van der Waals surface area contributed by atoms with E-state index in [2.05, 4.69) is 5.32 Å². The fraction of sp³-hybridized carbons (Fsp3) is 0.250. The van der Waals surface area contributed by atoms with Crippen LogP contribution in [-0.2, 0) is 6.42 Å². The van der Waals surface area contributed by atoms with Gasteiger partial charge in [0, 0.05) is 11.6 Å². The minimum atomic E-state index is -0.209. The van der Waals surface area contributed by atoms with Crippen LogP contribution in [-0.4, -0.2) is 18.3 Å². The van der Waals surface area contributed by atoms with Crippen LogP contribution in [0, 0.1) is 5.82 Å². The molecular weight excluding hydrogens is 257 g/mol. The Morgan fingerprint density at radius 3 is 2.80 bits per heavy atom. The first-order valence-electron chi connectivity index (χ1n) is 6.66. The van der Waals surface area contributed by atoms with Crippen molar-refractivity contribution in [3.8, 4) is 11.5 Å². The number of phenols is 1. The first kappa shape index (κ1) is 12.9. The summed E-state index contributed by atoms with van der Waals surface area (Å²) in [6.07, 6.45) is 0.837. The Hall–Kier alpha value is -2.07. The molecule has 1 aliphatic heterocycles. The zero-order valence-electron chi connectivity index (χ0n) is 11.0. The lowest BCUT2D eigenvalue weighted by atomic mass is 10.1. The number of hydrogen-bond acceptors (Lipinski definition) is 3. The Bertz CT molecular complexity index is 598. The van der Waals surface area contributed by atoms with Crippen molar-refractivity contribution in [2.24, 2.45) is 0 Å². The van der Waals surface area contributed by atoms with Crippen LogP contribution in [0.1, 0.15) is 17.2 Å². The van der Waals surface area contributed by atoms with Gasteiger partial charge in [-0.2, -0.15) is 0 Å². The number of rotatable bonds is 4. The van der Waals surface area contributed by atoms with Crippen LogP contribution in [0.15, 0.2) is 42.5 Å². The van der Waals surface area contributed by atoms with Gasteiger partial charge in [0.1, 0.15) is 23.9 Å². The quantitative estimate of drug-likeness (QED) is 0.900. The van der Waals surface area contributed by atoms with Crippen LogP contribution in [0.25, 0.3) is 0 Å². The molecule has 0 spiro atoms. The summed E-state index contributed by atoms with van der Waals surface area (Å²) in [5, 5.41) is 12.8. The molecule has 20 heavy (non-hydrogen) atoms. The monoisotopic (exact) mass is 273 g/mol. The van der Waals surface area contributed by atoms with Gasteiger partial charge in [-0.3, -0.25) is 0 Å². The van der Waals surface area contributed by atoms with E-state index in [0.29, 0.717) is 6.61 Å². The Morgan fingerprint density at radius 2 is 2.00 bits per heavy atom. The maximum Gasteiger partial charge on any atom is 0.127 e. The van der Waals surface area contributed by atoms with Gasteiger partial charge in [0.15, 0.2) is 0 Å². The molecule has 0 radical (unpaired) electrons. The molecule has 3 nitrogen and oxygen atoms in total. The Morgan fingerprint density at radius 1 is 1.20 bits per heavy atom. The molecule has 0 fully saturated rings. The number of benzene rings is 2. The van der Waals surface area contributed by atoms with Gasteiger partial charge in [0.05, 0.1) is 6.04 Å². The van der Waals surface area contributed by atoms with E-state index >= 15 is 0 Å². The third-order valence-corrected chi connectivity index (χ3v) is 3.50. The highest BCUT2D eigenvalue weighted by molar-refractivity contribution is 5.44. The summed E-state index contributed by atoms with van der Waals surface area (Å²) in [7, 11) is 0. The van der Waals surface area contributed by atoms with Crippen LogP contribution in [0.3, 0.4) is 0 Å². The lowest BCUT2D eigenvalue weighted by Gasteiger charge is -2.11. The number of hydrogen-bond donors (Lipinski definition) is 2. The topological polar surface area (TPSA) is 41.5 Å². The average Bonchev–Trinajstić information content (AvgIpc) is 2.83. The number of phenolic OH excluding ortho intramolecular Hbond substituents is 1. The van der Waals surface area contributed by atoms with Crippen LogP contribution in [0.5, 0.6) is 11.5 Å². The number of halogens is 1. The van der Waals surface area contributed by atoms with E-state index in [1.165, 1.54) is 12.1 Å². The summed E-state index contributed by atoms with van der Waals surface area (Å²) in [5.41, 5.74) is 2.17. The van der Waals surface area contributed by atoms with Crippen molar-refractivity contribution in [2.45, 2.75) is 12.5 Å². The first-order valence-corrected chi connectivity index (χ1v) is 6.66. The van der Waals surface area contributed by atoms with Gasteiger partial charge < -0.3 is 15.2 Å². The van der Waals surface area contributed by atoms with Crippen molar-refractivity contribution < 1.29 is 14.2 Å².